The van der Waals surface area contributed by atoms with E-state index in [1.807, 2.05) is 31.3 Å². The molecule has 28 heavy (non-hydrogen) atoms. The Labute approximate surface area is 168 Å². The molecule has 0 aliphatic carbocycles. The molecule has 1 saturated heterocycles. The van der Waals surface area contributed by atoms with Gasteiger partial charge in [-0.3, -0.25) is 0 Å². The fourth-order valence-electron chi connectivity index (χ4n) is 3.26. The molecule has 6 nitrogen and oxygen atoms in total. The molecule has 1 fully saturated rings. The van der Waals surface area contributed by atoms with E-state index in [1.54, 1.807) is 16.2 Å². The van der Waals surface area contributed by atoms with E-state index in [4.69, 9.17) is 4.74 Å². The molecule has 0 bridgehead atoms. The second kappa shape index (κ2) is 8.58. The summed E-state index contributed by atoms with van der Waals surface area (Å²) >= 11 is 1.61. The number of carbonyl (C=O) groups is 1. The lowest BCUT2D eigenvalue weighted by Crippen LogP contribution is -2.36. The maximum absolute atomic E-state index is 12.4. The summed E-state index contributed by atoms with van der Waals surface area (Å²) in [5.41, 5.74) is 3.29. The van der Waals surface area contributed by atoms with Crippen molar-refractivity contribution in [3.63, 3.8) is 0 Å². The number of nitrogens with one attached hydrogen (secondary N) is 1. The molecule has 0 spiro atoms. The largest absolute Gasteiger partial charge is 0.378 e. The quantitative estimate of drug-likeness (QED) is 0.717. The minimum absolute atomic E-state index is 0.100. The van der Waals surface area contributed by atoms with Crippen LogP contribution in [-0.4, -0.2) is 49.3 Å². The number of benzene rings is 2. The number of ether oxygens (including phenoxy) is 1. The van der Waals surface area contributed by atoms with Crippen LogP contribution in [0.2, 0.25) is 0 Å². The van der Waals surface area contributed by atoms with Crippen LogP contribution in [-0.2, 0) is 17.8 Å². The van der Waals surface area contributed by atoms with E-state index in [9.17, 15) is 4.79 Å². The van der Waals surface area contributed by atoms with Gasteiger partial charge in [0, 0.05) is 32.4 Å². The summed E-state index contributed by atoms with van der Waals surface area (Å²) in [6.45, 7) is 4.41. The lowest BCUT2D eigenvalue weighted by molar-refractivity contribution is 0.122. The first kappa shape index (κ1) is 18.7. The average Bonchev–Trinajstić information content (AvgIpc) is 3.16. The predicted octanol–water partition coefficient (Wildman–Crippen LogP) is 3.47. The molecule has 0 atom stereocenters. The highest BCUT2D eigenvalue weighted by molar-refractivity contribution is 7.18. The summed E-state index contributed by atoms with van der Waals surface area (Å²) in [6, 6.07) is 16.3. The van der Waals surface area contributed by atoms with E-state index >= 15 is 0 Å². The minimum Gasteiger partial charge on any atom is -0.378 e. The number of hydrogen-bond donors (Lipinski definition) is 1. The molecule has 3 aromatic rings. The molecule has 2 aromatic carbocycles. The molecule has 0 saturated carbocycles. The third-order valence-electron chi connectivity index (χ3n) is 4.81. The standard InChI is InChI=1S/C21H24N4O2S/c1-24(15-16-6-8-17(9-7-16)25-10-12-27-13-11-25)21(26)22-14-20-23-18-4-2-3-5-19(18)28-20/h2-9H,10-15H2,1H3,(H,22,26). The Morgan fingerprint density at radius 1 is 1.18 bits per heavy atom. The summed E-state index contributed by atoms with van der Waals surface area (Å²) in [7, 11) is 1.81. The molecule has 2 heterocycles. The van der Waals surface area contributed by atoms with Gasteiger partial charge in [-0.15, -0.1) is 11.3 Å². The third-order valence-corrected chi connectivity index (χ3v) is 5.84. The Kier molecular flexibility index (Phi) is 5.73. The highest BCUT2D eigenvalue weighted by atomic mass is 32.1. The van der Waals surface area contributed by atoms with Crippen molar-refractivity contribution < 1.29 is 9.53 Å². The van der Waals surface area contributed by atoms with Gasteiger partial charge in [-0.1, -0.05) is 24.3 Å². The first-order valence-electron chi connectivity index (χ1n) is 9.44. The van der Waals surface area contributed by atoms with Crippen molar-refractivity contribution in [1.29, 1.82) is 0 Å². The summed E-state index contributed by atoms with van der Waals surface area (Å²) in [4.78, 5) is 21.0. The Bertz CT molecular complexity index is 902. The zero-order valence-corrected chi connectivity index (χ0v) is 16.7. The number of carbonyl (C=O) groups excluding carboxylic acids is 1. The number of nitrogens with zero attached hydrogens (tertiary/aromatic N) is 3. The molecule has 1 aromatic heterocycles. The van der Waals surface area contributed by atoms with Crippen molar-refractivity contribution in [1.82, 2.24) is 15.2 Å². The molecule has 0 unspecified atom stereocenters. The fraction of sp³-hybridized carbons (Fsp3) is 0.333. The van der Waals surface area contributed by atoms with Gasteiger partial charge in [0.2, 0.25) is 0 Å². The van der Waals surface area contributed by atoms with Crippen molar-refractivity contribution in [3.05, 3.63) is 59.1 Å². The predicted molar refractivity (Wildman–Crippen MR) is 113 cm³/mol. The molecule has 1 aliphatic rings. The Balaban J connectivity index is 1.30. The number of urea groups is 1. The minimum atomic E-state index is -0.100. The zero-order valence-electron chi connectivity index (χ0n) is 15.9. The summed E-state index contributed by atoms with van der Waals surface area (Å²) in [5.74, 6) is 0. The molecular weight excluding hydrogens is 372 g/mol. The van der Waals surface area contributed by atoms with Crippen LogP contribution in [0.3, 0.4) is 0 Å². The number of anilines is 1. The first-order valence-corrected chi connectivity index (χ1v) is 10.3. The zero-order chi connectivity index (χ0) is 19.3. The van der Waals surface area contributed by atoms with Crippen LogP contribution >= 0.6 is 11.3 Å². The number of hydrogen-bond acceptors (Lipinski definition) is 5. The SMILES string of the molecule is CN(Cc1ccc(N2CCOCC2)cc1)C(=O)NCc1nc2ccccc2s1. The highest BCUT2D eigenvalue weighted by Crippen LogP contribution is 2.21. The maximum atomic E-state index is 12.4. The van der Waals surface area contributed by atoms with Crippen molar-refractivity contribution in [2.45, 2.75) is 13.1 Å². The lowest BCUT2D eigenvalue weighted by atomic mass is 10.2. The summed E-state index contributed by atoms with van der Waals surface area (Å²) < 4.78 is 6.54. The van der Waals surface area contributed by atoms with Crippen LogP contribution in [0.25, 0.3) is 10.2 Å². The van der Waals surface area contributed by atoms with E-state index in [0.717, 1.165) is 47.1 Å². The monoisotopic (exact) mass is 396 g/mol. The third kappa shape index (κ3) is 4.43. The number of rotatable bonds is 5. The van der Waals surface area contributed by atoms with Crippen LogP contribution in [0, 0.1) is 0 Å². The smallest absolute Gasteiger partial charge is 0.317 e. The molecule has 1 N–H and O–H groups in total. The highest BCUT2D eigenvalue weighted by Gasteiger charge is 2.13. The molecule has 7 heteroatoms. The summed E-state index contributed by atoms with van der Waals surface area (Å²) in [5, 5.41) is 3.87. The van der Waals surface area contributed by atoms with E-state index in [1.165, 1.54) is 5.69 Å². The molecule has 1 aliphatic heterocycles. The van der Waals surface area contributed by atoms with Crippen molar-refractivity contribution >= 4 is 33.3 Å². The van der Waals surface area contributed by atoms with Crippen LogP contribution in [0.4, 0.5) is 10.5 Å². The molecule has 0 radical (unpaired) electrons. The van der Waals surface area contributed by atoms with Crippen LogP contribution < -0.4 is 10.2 Å². The van der Waals surface area contributed by atoms with Gasteiger partial charge in [0.15, 0.2) is 0 Å². The molecular formula is C21H24N4O2S. The van der Waals surface area contributed by atoms with Gasteiger partial charge in [0.25, 0.3) is 0 Å². The number of thiazole rings is 1. The van der Waals surface area contributed by atoms with Gasteiger partial charge in [-0.2, -0.15) is 0 Å². The maximum Gasteiger partial charge on any atom is 0.317 e. The molecule has 2 amide bonds. The Hall–Kier alpha value is -2.64. The molecule has 146 valence electrons. The van der Waals surface area contributed by atoms with E-state index < -0.39 is 0 Å². The Morgan fingerprint density at radius 2 is 1.93 bits per heavy atom. The number of fused-ring (bicyclic) bond motifs is 1. The van der Waals surface area contributed by atoms with Gasteiger partial charge in [-0.05, 0) is 29.8 Å². The van der Waals surface area contributed by atoms with E-state index in [-0.39, 0.29) is 6.03 Å². The second-order valence-corrected chi connectivity index (χ2v) is 7.97. The average molecular weight is 397 g/mol. The van der Waals surface area contributed by atoms with Crippen molar-refractivity contribution in [2.24, 2.45) is 0 Å². The topological polar surface area (TPSA) is 57.7 Å². The Morgan fingerprint density at radius 3 is 2.68 bits per heavy atom. The van der Waals surface area contributed by atoms with Crippen molar-refractivity contribution in [3.8, 4) is 0 Å². The van der Waals surface area contributed by atoms with Crippen molar-refractivity contribution in [2.75, 3.05) is 38.3 Å². The van der Waals surface area contributed by atoms with Crippen LogP contribution in [0.5, 0.6) is 0 Å². The van der Waals surface area contributed by atoms with Gasteiger partial charge < -0.3 is 19.9 Å². The molecule has 4 rings (SSSR count). The lowest BCUT2D eigenvalue weighted by Gasteiger charge is -2.29. The van der Waals surface area contributed by atoms with Gasteiger partial charge >= 0.3 is 6.03 Å². The normalized spacial score (nSPS) is 14.2. The number of para-hydroxylation sites is 1. The van der Waals surface area contributed by atoms with E-state index in [2.05, 4.69) is 39.5 Å². The van der Waals surface area contributed by atoms with E-state index in [0.29, 0.717) is 13.1 Å². The van der Waals surface area contributed by atoms with Gasteiger partial charge in [0.05, 0.1) is 30.0 Å². The second-order valence-electron chi connectivity index (χ2n) is 6.86. The first-order chi connectivity index (χ1) is 13.7. The van der Waals surface area contributed by atoms with Gasteiger partial charge in [0.1, 0.15) is 5.01 Å². The number of amides is 2. The number of morpholine rings is 1. The summed E-state index contributed by atoms with van der Waals surface area (Å²) in [6.07, 6.45) is 0. The van der Waals surface area contributed by atoms with Crippen LogP contribution in [0.15, 0.2) is 48.5 Å². The number of aromatic nitrogens is 1. The van der Waals surface area contributed by atoms with Gasteiger partial charge in [-0.25, -0.2) is 9.78 Å². The van der Waals surface area contributed by atoms with Crippen LogP contribution in [0.1, 0.15) is 10.6 Å². The fourth-order valence-corrected chi connectivity index (χ4v) is 4.17.